The zero-order valence-electron chi connectivity index (χ0n) is 14.3. The summed E-state index contributed by atoms with van der Waals surface area (Å²) in [7, 11) is 0. The second-order valence-corrected chi connectivity index (χ2v) is 6.09. The summed E-state index contributed by atoms with van der Waals surface area (Å²) in [5.41, 5.74) is 3.35. The Morgan fingerprint density at radius 3 is 2.59 bits per heavy atom. The summed E-state index contributed by atoms with van der Waals surface area (Å²) in [5.74, 6) is -0.414. The minimum Gasteiger partial charge on any atom is -0.491 e. The van der Waals surface area contributed by atoms with E-state index in [1.165, 1.54) is 18.2 Å². The molecule has 0 saturated heterocycles. The number of carbonyl (C=O) groups is 1. The van der Waals surface area contributed by atoms with E-state index in [-0.39, 0.29) is 17.4 Å². The SMILES string of the molecule is C[C@H]1COc2cc(C(=O)NO)ccc2CN1c1ccc(OC(F)(F)F)cc1. The molecule has 1 amide bonds. The van der Waals surface area contributed by atoms with Crippen LogP contribution in [0.15, 0.2) is 42.5 Å². The van der Waals surface area contributed by atoms with Gasteiger partial charge in [0.2, 0.25) is 0 Å². The van der Waals surface area contributed by atoms with Crippen LogP contribution in [-0.4, -0.2) is 30.1 Å². The van der Waals surface area contributed by atoms with Gasteiger partial charge in [-0.3, -0.25) is 10.0 Å². The summed E-state index contributed by atoms with van der Waals surface area (Å²) in [5, 5.41) is 8.74. The Morgan fingerprint density at radius 2 is 1.96 bits per heavy atom. The molecule has 144 valence electrons. The molecule has 27 heavy (non-hydrogen) atoms. The number of hydrogen-bond acceptors (Lipinski definition) is 5. The minimum absolute atomic E-state index is 0.0677. The topological polar surface area (TPSA) is 71.0 Å². The number of hydroxylamine groups is 1. The molecule has 1 aliphatic rings. The molecule has 0 aliphatic carbocycles. The molecule has 2 N–H and O–H groups in total. The third-order valence-electron chi connectivity index (χ3n) is 4.19. The van der Waals surface area contributed by atoms with Crippen molar-refractivity contribution >= 4 is 11.6 Å². The second kappa shape index (κ2) is 7.36. The van der Waals surface area contributed by atoms with Crippen LogP contribution in [0.25, 0.3) is 0 Å². The third-order valence-corrected chi connectivity index (χ3v) is 4.19. The monoisotopic (exact) mass is 382 g/mol. The van der Waals surface area contributed by atoms with Crippen LogP contribution in [0.2, 0.25) is 0 Å². The van der Waals surface area contributed by atoms with Gasteiger partial charge in [-0.05, 0) is 43.3 Å². The number of anilines is 1. The number of benzene rings is 2. The van der Waals surface area contributed by atoms with Crippen molar-refractivity contribution in [1.82, 2.24) is 5.48 Å². The van der Waals surface area contributed by atoms with Gasteiger partial charge in [0.1, 0.15) is 18.1 Å². The molecule has 0 bridgehead atoms. The first-order chi connectivity index (χ1) is 12.8. The van der Waals surface area contributed by atoms with Gasteiger partial charge >= 0.3 is 6.36 Å². The molecule has 0 unspecified atom stereocenters. The lowest BCUT2D eigenvalue weighted by Crippen LogP contribution is -2.34. The van der Waals surface area contributed by atoms with Crippen LogP contribution >= 0.6 is 0 Å². The van der Waals surface area contributed by atoms with E-state index in [2.05, 4.69) is 4.74 Å². The maximum atomic E-state index is 12.3. The van der Waals surface area contributed by atoms with Gasteiger partial charge in [0.15, 0.2) is 0 Å². The molecule has 2 aromatic carbocycles. The fourth-order valence-electron chi connectivity index (χ4n) is 2.85. The summed E-state index contributed by atoms with van der Waals surface area (Å²) in [4.78, 5) is 13.5. The number of fused-ring (bicyclic) bond motifs is 1. The average molecular weight is 382 g/mol. The first-order valence-corrected chi connectivity index (χ1v) is 8.09. The lowest BCUT2D eigenvalue weighted by atomic mass is 10.1. The first kappa shape index (κ1) is 18.8. The Kier molecular flexibility index (Phi) is 5.13. The van der Waals surface area contributed by atoms with Crippen molar-refractivity contribution < 1.29 is 32.6 Å². The number of ether oxygens (including phenoxy) is 2. The maximum absolute atomic E-state index is 12.3. The quantitative estimate of drug-likeness (QED) is 0.628. The average Bonchev–Trinajstić information content (AvgIpc) is 2.79. The van der Waals surface area contributed by atoms with E-state index in [0.717, 1.165) is 5.56 Å². The largest absolute Gasteiger partial charge is 0.573 e. The van der Waals surface area contributed by atoms with E-state index < -0.39 is 12.3 Å². The predicted octanol–water partition coefficient (Wildman–Crippen LogP) is 3.49. The molecule has 2 aromatic rings. The Hall–Kier alpha value is -2.94. The van der Waals surface area contributed by atoms with Gasteiger partial charge in [-0.2, -0.15) is 0 Å². The van der Waals surface area contributed by atoms with Crippen LogP contribution in [0.3, 0.4) is 0 Å². The van der Waals surface area contributed by atoms with Crippen LogP contribution in [0.4, 0.5) is 18.9 Å². The first-order valence-electron chi connectivity index (χ1n) is 8.09. The minimum atomic E-state index is -4.73. The third kappa shape index (κ3) is 4.43. The normalized spacial score (nSPS) is 16.8. The molecule has 0 radical (unpaired) electrons. The Balaban J connectivity index is 1.83. The number of alkyl halides is 3. The molecule has 1 aliphatic heterocycles. The molecule has 3 rings (SSSR count). The molecular formula is C18H17F3N2O4. The lowest BCUT2D eigenvalue weighted by molar-refractivity contribution is -0.274. The highest BCUT2D eigenvalue weighted by atomic mass is 19.4. The van der Waals surface area contributed by atoms with Crippen molar-refractivity contribution in [1.29, 1.82) is 0 Å². The van der Waals surface area contributed by atoms with E-state index in [9.17, 15) is 18.0 Å². The smallest absolute Gasteiger partial charge is 0.491 e. The van der Waals surface area contributed by atoms with Gasteiger partial charge in [-0.15, -0.1) is 13.2 Å². The number of amides is 1. The van der Waals surface area contributed by atoms with Gasteiger partial charge in [0.05, 0.1) is 6.04 Å². The number of carbonyl (C=O) groups excluding carboxylic acids is 1. The highest BCUT2D eigenvalue weighted by Gasteiger charge is 2.31. The summed E-state index contributed by atoms with van der Waals surface area (Å²) in [6.07, 6.45) is -4.73. The van der Waals surface area contributed by atoms with Crippen molar-refractivity contribution in [2.24, 2.45) is 0 Å². The second-order valence-electron chi connectivity index (χ2n) is 6.09. The van der Waals surface area contributed by atoms with Crippen molar-refractivity contribution in [3.8, 4) is 11.5 Å². The Bertz CT molecular complexity index is 824. The van der Waals surface area contributed by atoms with Crippen LogP contribution in [0.5, 0.6) is 11.5 Å². The summed E-state index contributed by atoms with van der Waals surface area (Å²) in [6, 6.07) is 10.4. The highest BCUT2D eigenvalue weighted by molar-refractivity contribution is 5.93. The van der Waals surface area contributed by atoms with E-state index in [4.69, 9.17) is 9.94 Å². The van der Waals surface area contributed by atoms with E-state index in [0.29, 0.717) is 24.6 Å². The molecule has 1 atom stereocenters. The van der Waals surface area contributed by atoms with Gasteiger partial charge in [-0.25, -0.2) is 5.48 Å². The van der Waals surface area contributed by atoms with E-state index >= 15 is 0 Å². The van der Waals surface area contributed by atoms with Crippen LogP contribution < -0.4 is 19.9 Å². The number of rotatable bonds is 3. The van der Waals surface area contributed by atoms with Gasteiger partial charge < -0.3 is 14.4 Å². The zero-order chi connectivity index (χ0) is 19.6. The van der Waals surface area contributed by atoms with Gasteiger partial charge in [0, 0.05) is 23.4 Å². The molecule has 6 nitrogen and oxygen atoms in total. The van der Waals surface area contributed by atoms with Crippen molar-refractivity contribution in [3.05, 3.63) is 53.6 Å². The molecule has 0 spiro atoms. The van der Waals surface area contributed by atoms with Crippen LogP contribution in [0, 0.1) is 0 Å². The number of hydrogen-bond donors (Lipinski definition) is 2. The van der Waals surface area contributed by atoms with Gasteiger partial charge in [-0.1, -0.05) is 6.07 Å². The number of nitrogens with one attached hydrogen (secondary N) is 1. The Labute approximate surface area is 153 Å². The maximum Gasteiger partial charge on any atom is 0.573 e. The predicted molar refractivity (Wildman–Crippen MR) is 90.0 cm³/mol. The molecular weight excluding hydrogens is 365 g/mol. The summed E-state index contributed by atoms with van der Waals surface area (Å²) >= 11 is 0. The number of nitrogens with zero attached hydrogens (tertiary/aromatic N) is 1. The molecule has 0 fully saturated rings. The molecule has 0 aromatic heterocycles. The molecule has 0 saturated carbocycles. The molecule has 1 heterocycles. The fraction of sp³-hybridized carbons (Fsp3) is 0.278. The van der Waals surface area contributed by atoms with Crippen molar-refractivity contribution in [2.45, 2.75) is 25.9 Å². The van der Waals surface area contributed by atoms with Crippen LogP contribution in [-0.2, 0) is 6.54 Å². The molecule has 9 heteroatoms. The van der Waals surface area contributed by atoms with E-state index in [1.54, 1.807) is 29.7 Å². The Morgan fingerprint density at radius 1 is 1.26 bits per heavy atom. The lowest BCUT2D eigenvalue weighted by Gasteiger charge is -2.28. The standard InChI is InChI=1S/C18H17F3N2O4/c1-11-10-26-16-8-12(17(24)22-25)2-3-13(16)9-23(11)14-4-6-15(7-5-14)27-18(19,20)21/h2-8,11,25H,9-10H2,1H3,(H,22,24)/t11-/m0/s1. The van der Waals surface area contributed by atoms with Gasteiger partial charge in [0.25, 0.3) is 5.91 Å². The van der Waals surface area contributed by atoms with Crippen molar-refractivity contribution in [2.75, 3.05) is 11.5 Å². The fourth-order valence-corrected chi connectivity index (χ4v) is 2.85. The van der Waals surface area contributed by atoms with E-state index in [1.807, 2.05) is 11.8 Å². The summed E-state index contributed by atoms with van der Waals surface area (Å²) < 4.78 is 46.6. The van der Waals surface area contributed by atoms with Crippen molar-refractivity contribution in [3.63, 3.8) is 0 Å². The highest BCUT2D eigenvalue weighted by Crippen LogP contribution is 2.31. The zero-order valence-corrected chi connectivity index (χ0v) is 14.3. The number of halogens is 3. The van der Waals surface area contributed by atoms with Crippen LogP contribution in [0.1, 0.15) is 22.8 Å². The summed E-state index contributed by atoms with van der Waals surface area (Å²) in [6.45, 7) is 2.68.